The van der Waals surface area contributed by atoms with Crippen molar-refractivity contribution in [3.05, 3.63) is 21.9 Å². The summed E-state index contributed by atoms with van der Waals surface area (Å²) in [5, 5.41) is 9.84. The van der Waals surface area contributed by atoms with Gasteiger partial charge in [-0.15, -0.1) is 0 Å². The first kappa shape index (κ1) is 8.14. The SMILES string of the molecule is CC(=C[N+](=O)[O-])C(C)C. The van der Waals surface area contributed by atoms with E-state index < -0.39 is 4.92 Å². The van der Waals surface area contributed by atoms with Gasteiger partial charge in [0.25, 0.3) is 0 Å². The molecule has 0 bridgehead atoms. The average molecular weight is 129 g/mol. The lowest BCUT2D eigenvalue weighted by atomic mass is 10.1. The molecule has 3 nitrogen and oxygen atoms in total. The summed E-state index contributed by atoms with van der Waals surface area (Å²) in [5.41, 5.74) is 0.806. The fraction of sp³-hybridized carbons (Fsp3) is 0.667. The van der Waals surface area contributed by atoms with Crippen LogP contribution in [0, 0.1) is 16.0 Å². The molecule has 0 aliphatic carbocycles. The third-order valence-electron chi connectivity index (χ3n) is 1.22. The van der Waals surface area contributed by atoms with Crippen LogP contribution < -0.4 is 0 Å². The summed E-state index contributed by atoms with van der Waals surface area (Å²) in [4.78, 5) is 9.42. The molecule has 0 radical (unpaired) electrons. The van der Waals surface area contributed by atoms with Crippen molar-refractivity contribution in [3.63, 3.8) is 0 Å². The van der Waals surface area contributed by atoms with E-state index in [-0.39, 0.29) is 5.92 Å². The van der Waals surface area contributed by atoms with Gasteiger partial charge in [-0.05, 0) is 18.4 Å². The standard InChI is InChI=1S/C6H11NO2/c1-5(2)6(3)4-7(8)9/h4-5H,1-3H3. The first-order valence-electron chi connectivity index (χ1n) is 2.86. The Hall–Kier alpha value is -0.860. The number of nitrogens with zero attached hydrogens (tertiary/aromatic N) is 1. The Balaban J connectivity index is 4.00. The van der Waals surface area contributed by atoms with Crippen molar-refractivity contribution in [1.29, 1.82) is 0 Å². The zero-order valence-electron chi connectivity index (χ0n) is 5.92. The van der Waals surface area contributed by atoms with Gasteiger partial charge in [0.2, 0.25) is 6.20 Å². The summed E-state index contributed by atoms with van der Waals surface area (Å²) in [6.45, 7) is 5.61. The Bertz CT molecular complexity index is 138. The molecule has 0 aliphatic heterocycles. The summed E-state index contributed by atoms with van der Waals surface area (Å²) >= 11 is 0. The van der Waals surface area contributed by atoms with E-state index in [1.807, 2.05) is 13.8 Å². The van der Waals surface area contributed by atoms with Gasteiger partial charge in [0, 0.05) is 0 Å². The summed E-state index contributed by atoms with van der Waals surface area (Å²) in [7, 11) is 0. The molecule has 0 saturated carbocycles. The van der Waals surface area contributed by atoms with Crippen molar-refractivity contribution < 1.29 is 4.92 Å². The number of nitro groups is 1. The predicted octanol–water partition coefficient (Wildman–Crippen LogP) is 1.82. The molecular weight excluding hydrogens is 118 g/mol. The molecule has 0 rings (SSSR count). The molecule has 0 amide bonds. The Morgan fingerprint density at radius 3 is 2.22 bits per heavy atom. The van der Waals surface area contributed by atoms with Gasteiger partial charge in [0.05, 0.1) is 4.92 Å². The van der Waals surface area contributed by atoms with E-state index in [2.05, 4.69) is 0 Å². The van der Waals surface area contributed by atoms with Crippen LogP contribution in [-0.2, 0) is 0 Å². The smallest absolute Gasteiger partial charge is 0.233 e. The lowest BCUT2D eigenvalue weighted by Crippen LogP contribution is -1.93. The van der Waals surface area contributed by atoms with Gasteiger partial charge < -0.3 is 0 Å². The molecule has 0 fully saturated rings. The quantitative estimate of drug-likeness (QED) is 0.421. The lowest BCUT2D eigenvalue weighted by Gasteiger charge is -1.98. The highest BCUT2D eigenvalue weighted by molar-refractivity contribution is 4.95. The second kappa shape index (κ2) is 3.22. The van der Waals surface area contributed by atoms with Crippen LogP contribution in [0.15, 0.2) is 11.8 Å². The van der Waals surface area contributed by atoms with Crippen LogP contribution in [0.3, 0.4) is 0 Å². The fourth-order valence-corrected chi connectivity index (χ4v) is 0.315. The second-order valence-electron chi connectivity index (χ2n) is 2.31. The van der Waals surface area contributed by atoms with Crippen molar-refractivity contribution in [3.8, 4) is 0 Å². The zero-order chi connectivity index (χ0) is 7.44. The summed E-state index contributed by atoms with van der Waals surface area (Å²) < 4.78 is 0. The minimum absolute atomic E-state index is 0.274. The second-order valence-corrected chi connectivity index (χ2v) is 2.31. The van der Waals surface area contributed by atoms with Gasteiger partial charge >= 0.3 is 0 Å². The maximum atomic E-state index is 9.84. The van der Waals surface area contributed by atoms with Crippen LogP contribution in [0.5, 0.6) is 0 Å². The maximum Gasteiger partial charge on any atom is 0.233 e. The molecule has 0 aromatic carbocycles. The molecule has 0 unspecified atom stereocenters. The molecule has 0 atom stereocenters. The third kappa shape index (κ3) is 3.70. The third-order valence-corrected chi connectivity index (χ3v) is 1.22. The lowest BCUT2D eigenvalue weighted by molar-refractivity contribution is -0.403. The summed E-state index contributed by atoms with van der Waals surface area (Å²) in [6.07, 6.45) is 1.05. The van der Waals surface area contributed by atoms with Gasteiger partial charge in [-0.2, -0.15) is 0 Å². The Labute approximate surface area is 54.5 Å². The molecule has 0 aromatic rings. The number of hydrogen-bond donors (Lipinski definition) is 0. The molecule has 52 valence electrons. The summed E-state index contributed by atoms with van der Waals surface area (Å²) in [6, 6.07) is 0. The Kier molecular flexibility index (Phi) is 2.91. The van der Waals surface area contributed by atoms with E-state index in [4.69, 9.17) is 0 Å². The zero-order valence-corrected chi connectivity index (χ0v) is 5.92. The molecular formula is C6H11NO2. The van der Waals surface area contributed by atoms with Gasteiger partial charge in [-0.25, -0.2) is 0 Å². The monoisotopic (exact) mass is 129 g/mol. The normalized spacial score (nSPS) is 12.2. The molecule has 0 N–H and O–H groups in total. The van der Waals surface area contributed by atoms with Crippen LogP contribution in [-0.4, -0.2) is 4.92 Å². The molecule has 0 aromatic heterocycles. The number of allylic oxidation sites excluding steroid dienone is 1. The fourth-order valence-electron chi connectivity index (χ4n) is 0.315. The van der Waals surface area contributed by atoms with E-state index in [1.165, 1.54) is 0 Å². The molecule has 0 aliphatic rings. The van der Waals surface area contributed by atoms with E-state index in [0.717, 1.165) is 11.8 Å². The average Bonchev–Trinajstić information content (AvgIpc) is 1.63. The van der Waals surface area contributed by atoms with Crippen molar-refractivity contribution >= 4 is 0 Å². The predicted molar refractivity (Wildman–Crippen MR) is 35.6 cm³/mol. The highest BCUT2D eigenvalue weighted by Crippen LogP contribution is 2.06. The maximum absolute atomic E-state index is 9.84. The highest BCUT2D eigenvalue weighted by atomic mass is 16.6. The van der Waals surface area contributed by atoms with Crippen molar-refractivity contribution in [1.82, 2.24) is 0 Å². The molecule has 0 spiro atoms. The van der Waals surface area contributed by atoms with Gasteiger partial charge in [-0.1, -0.05) is 13.8 Å². The van der Waals surface area contributed by atoms with Crippen molar-refractivity contribution in [2.45, 2.75) is 20.8 Å². The topological polar surface area (TPSA) is 43.1 Å². The molecule has 3 heteroatoms. The van der Waals surface area contributed by atoms with E-state index >= 15 is 0 Å². The van der Waals surface area contributed by atoms with E-state index in [9.17, 15) is 10.1 Å². The molecule has 0 heterocycles. The van der Waals surface area contributed by atoms with Crippen LogP contribution in [0.4, 0.5) is 0 Å². The van der Waals surface area contributed by atoms with Crippen LogP contribution in [0.1, 0.15) is 20.8 Å². The first-order valence-corrected chi connectivity index (χ1v) is 2.86. The minimum Gasteiger partial charge on any atom is -0.259 e. The largest absolute Gasteiger partial charge is 0.259 e. The van der Waals surface area contributed by atoms with Crippen molar-refractivity contribution in [2.24, 2.45) is 5.92 Å². The van der Waals surface area contributed by atoms with Crippen molar-refractivity contribution in [2.75, 3.05) is 0 Å². The van der Waals surface area contributed by atoms with E-state index in [1.54, 1.807) is 6.92 Å². The van der Waals surface area contributed by atoms with Crippen LogP contribution >= 0.6 is 0 Å². The number of hydrogen-bond acceptors (Lipinski definition) is 2. The van der Waals surface area contributed by atoms with Gasteiger partial charge in [0.1, 0.15) is 0 Å². The van der Waals surface area contributed by atoms with Crippen LogP contribution in [0.2, 0.25) is 0 Å². The van der Waals surface area contributed by atoms with Crippen LogP contribution in [0.25, 0.3) is 0 Å². The van der Waals surface area contributed by atoms with E-state index in [0.29, 0.717) is 0 Å². The minimum atomic E-state index is -0.421. The molecule has 9 heavy (non-hydrogen) atoms. The molecule has 0 saturated heterocycles. The Morgan fingerprint density at radius 2 is 2.11 bits per heavy atom. The first-order chi connectivity index (χ1) is 4.04. The highest BCUT2D eigenvalue weighted by Gasteiger charge is 1.99. The Morgan fingerprint density at radius 1 is 1.67 bits per heavy atom. The number of rotatable bonds is 2. The van der Waals surface area contributed by atoms with Gasteiger partial charge in [-0.3, -0.25) is 10.1 Å². The van der Waals surface area contributed by atoms with Gasteiger partial charge in [0.15, 0.2) is 0 Å². The summed E-state index contributed by atoms with van der Waals surface area (Å²) in [5.74, 6) is 0.274.